The number of nitrogens with one attached hydrogen (secondary N) is 1. The topological polar surface area (TPSA) is 73.8 Å². The number of aryl methyl sites for hydroxylation is 1. The Morgan fingerprint density at radius 1 is 1.23 bits per heavy atom. The van der Waals surface area contributed by atoms with Gasteiger partial charge in [0.15, 0.2) is 0 Å². The van der Waals surface area contributed by atoms with Crippen LogP contribution in [0.25, 0.3) is 11.0 Å². The molecule has 1 saturated carbocycles. The molecule has 0 saturated heterocycles. The summed E-state index contributed by atoms with van der Waals surface area (Å²) in [6, 6.07) is 7.91. The molecular formula is C19H23N5O2. The van der Waals surface area contributed by atoms with Crippen LogP contribution in [0.15, 0.2) is 35.3 Å². The standard InChI is InChI=1S/C19H23N5O2/c1-13-15(11-20-24(13)14-7-3-4-8-14)21-18(25)12-23-17-10-6-5-9-16(17)22(2)19(23)26/h5-6,9-11,14H,3-4,7-8,12H2,1-2H3,(H,21,25). The van der Waals surface area contributed by atoms with Crippen molar-refractivity contribution in [3.05, 3.63) is 46.6 Å². The van der Waals surface area contributed by atoms with Gasteiger partial charge < -0.3 is 5.32 Å². The highest BCUT2D eigenvalue weighted by atomic mass is 16.2. The number of aromatic nitrogens is 4. The highest BCUT2D eigenvalue weighted by molar-refractivity contribution is 5.92. The van der Waals surface area contributed by atoms with E-state index in [2.05, 4.69) is 10.4 Å². The summed E-state index contributed by atoms with van der Waals surface area (Å²) in [6.07, 6.45) is 6.45. The van der Waals surface area contributed by atoms with Crippen molar-refractivity contribution in [1.29, 1.82) is 0 Å². The number of fused-ring (bicyclic) bond motifs is 1. The van der Waals surface area contributed by atoms with Gasteiger partial charge in [-0.3, -0.25) is 18.6 Å². The summed E-state index contributed by atoms with van der Waals surface area (Å²) in [5.41, 5.74) is 3.06. The lowest BCUT2D eigenvalue weighted by molar-refractivity contribution is -0.116. The number of amides is 1. The molecule has 0 radical (unpaired) electrons. The van der Waals surface area contributed by atoms with Gasteiger partial charge in [-0.2, -0.15) is 5.10 Å². The Morgan fingerprint density at radius 3 is 2.65 bits per heavy atom. The summed E-state index contributed by atoms with van der Waals surface area (Å²) < 4.78 is 5.08. The van der Waals surface area contributed by atoms with Crippen molar-refractivity contribution in [2.45, 2.75) is 45.2 Å². The molecule has 0 spiro atoms. The van der Waals surface area contributed by atoms with Gasteiger partial charge >= 0.3 is 5.69 Å². The van der Waals surface area contributed by atoms with Crippen LogP contribution in [0.4, 0.5) is 5.69 Å². The van der Waals surface area contributed by atoms with Crippen molar-refractivity contribution in [3.63, 3.8) is 0 Å². The fourth-order valence-corrected chi connectivity index (χ4v) is 3.91. The number of rotatable bonds is 4. The molecule has 0 aliphatic heterocycles. The molecule has 0 atom stereocenters. The molecule has 7 heteroatoms. The summed E-state index contributed by atoms with van der Waals surface area (Å²) in [4.78, 5) is 25.0. The van der Waals surface area contributed by atoms with E-state index in [1.165, 1.54) is 17.4 Å². The van der Waals surface area contributed by atoms with Crippen LogP contribution in [0.1, 0.15) is 37.4 Å². The number of benzene rings is 1. The van der Waals surface area contributed by atoms with E-state index in [4.69, 9.17) is 0 Å². The van der Waals surface area contributed by atoms with Gasteiger partial charge in [-0.15, -0.1) is 0 Å². The first-order valence-corrected chi connectivity index (χ1v) is 9.04. The van der Waals surface area contributed by atoms with Gasteiger partial charge in [0.1, 0.15) is 6.54 Å². The first kappa shape index (κ1) is 16.6. The van der Waals surface area contributed by atoms with E-state index in [0.29, 0.717) is 6.04 Å². The van der Waals surface area contributed by atoms with Crippen LogP contribution < -0.4 is 11.0 Å². The largest absolute Gasteiger partial charge is 0.329 e. The van der Waals surface area contributed by atoms with Gasteiger partial charge in [0, 0.05) is 7.05 Å². The molecule has 26 heavy (non-hydrogen) atoms. The van der Waals surface area contributed by atoms with Crippen molar-refractivity contribution in [3.8, 4) is 0 Å². The molecular weight excluding hydrogens is 330 g/mol. The first-order chi connectivity index (χ1) is 12.6. The minimum absolute atomic E-state index is 0.0196. The molecule has 136 valence electrons. The fourth-order valence-electron chi connectivity index (χ4n) is 3.91. The summed E-state index contributed by atoms with van der Waals surface area (Å²) >= 11 is 0. The quantitative estimate of drug-likeness (QED) is 0.783. The maximum atomic E-state index is 12.6. The average Bonchev–Trinajstić information content (AvgIpc) is 3.33. The van der Waals surface area contributed by atoms with E-state index in [9.17, 15) is 9.59 Å². The molecule has 1 aromatic carbocycles. The molecule has 1 amide bonds. The molecule has 0 bridgehead atoms. The molecule has 2 aromatic heterocycles. The highest BCUT2D eigenvalue weighted by Crippen LogP contribution is 2.31. The smallest absolute Gasteiger partial charge is 0.322 e. The van der Waals surface area contributed by atoms with Crippen molar-refractivity contribution < 1.29 is 4.79 Å². The third-order valence-corrected chi connectivity index (χ3v) is 5.34. The van der Waals surface area contributed by atoms with Gasteiger partial charge in [-0.25, -0.2) is 4.79 Å². The summed E-state index contributed by atoms with van der Waals surface area (Å²) in [6.45, 7) is 1.96. The number of carbonyl (C=O) groups excluding carboxylic acids is 1. The second-order valence-electron chi connectivity index (χ2n) is 6.99. The van der Waals surface area contributed by atoms with Gasteiger partial charge in [0.05, 0.1) is 34.7 Å². The molecule has 3 aromatic rings. The van der Waals surface area contributed by atoms with Crippen LogP contribution >= 0.6 is 0 Å². The van der Waals surface area contributed by atoms with Crippen molar-refractivity contribution in [1.82, 2.24) is 18.9 Å². The minimum Gasteiger partial charge on any atom is -0.322 e. The summed E-state index contributed by atoms with van der Waals surface area (Å²) in [5, 5.41) is 7.37. The minimum atomic E-state index is -0.225. The zero-order valence-corrected chi connectivity index (χ0v) is 15.1. The zero-order valence-electron chi connectivity index (χ0n) is 15.1. The molecule has 7 nitrogen and oxygen atoms in total. The van der Waals surface area contributed by atoms with Crippen molar-refractivity contribution in [2.75, 3.05) is 5.32 Å². The van der Waals surface area contributed by atoms with E-state index in [1.54, 1.807) is 17.8 Å². The van der Waals surface area contributed by atoms with Crippen LogP contribution in [0, 0.1) is 6.92 Å². The van der Waals surface area contributed by atoms with Gasteiger partial charge in [-0.1, -0.05) is 25.0 Å². The zero-order chi connectivity index (χ0) is 18.3. The van der Waals surface area contributed by atoms with Crippen LogP contribution in [0.5, 0.6) is 0 Å². The van der Waals surface area contributed by atoms with Crippen LogP contribution in [-0.4, -0.2) is 24.8 Å². The first-order valence-electron chi connectivity index (χ1n) is 9.04. The molecule has 0 unspecified atom stereocenters. The molecule has 1 aliphatic rings. The Morgan fingerprint density at radius 2 is 1.92 bits per heavy atom. The average molecular weight is 353 g/mol. The summed E-state index contributed by atoms with van der Waals surface area (Å²) in [5.74, 6) is -0.225. The van der Waals surface area contributed by atoms with Crippen molar-refractivity contribution in [2.24, 2.45) is 7.05 Å². The van der Waals surface area contributed by atoms with Crippen LogP contribution in [0.3, 0.4) is 0 Å². The number of nitrogens with zero attached hydrogens (tertiary/aromatic N) is 4. The summed E-state index contributed by atoms with van der Waals surface area (Å²) in [7, 11) is 1.72. The van der Waals surface area contributed by atoms with E-state index in [0.717, 1.165) is 35.3 Å². The third kappa shape index (κ3) is 2.73. The normalized spacial score (nSPS) is 15.0. The Labute approximate surface area is 151 Å². The Bertz CT molecular complexity index is 1020. The Balaban J connectivity index is 1.55. The number of imidazole rings is 1. The van der Waals surface area contributed by atoms with Gasteiger partial charge in [-0.05, 0) is 31.9 Å². The van der Waals surface area contributed by atoms with Crippen molar-refractivity contribution >= 4 is 22.6 Å². The van der Waals surface area contributed by atoms with Crippen LogP contribution in [0.2, 0.25) is 0 Å². The number of anilines is 1. The van der Waals surface area contributed by atoms with Gasteiger partial charge in [0.2, 0.25) is 5.91 Å². The van der Waals surface area contributed by atoms with E-state index in [-0.39, 0.29) is 18.1 Å². The molecule has 1 N–H and O–H groups in total. The SMILES string of the molecule is Cc1c(NC(=O)Cn2c(=O)n(C)c3ccccc32)cnn1C1CCCC1. The molecule has 4 rings (SSSR count). The maximum Gasteiger partial charge on any atom is 0.329 e. The second-order valence-corrected chi connectivity index (χ2v) is 6.99. The monoisotopic (exact) mass is 353 g/mol. The lowest BCUT2D eigenvalue weighted by atomic mass is 10.2. The molecule has 2 heterocycles. The number of hydrogen-bond acceptors (Lipinski definition) is 3. The van der Waals surface area contributed by atoms with E-state index < -0.39 is 0 Å². The maximum absolute atomic E-state index is 12.6. The van der Waals surface area contributed by atoms with Crippen LogP contribution in [-0.2, 0) is 18.4 Å². The number of hydrogen-bond donors (Lipinski definition) is 1. The second kappa shape index (κ2) is 6.48. The predicted molar refractivity (Wildman–Crippen MR) is 100 cm³/mol. The predicted octanol–water partition coefficient (Wildman–Crippen LogP) is 2.60. The lowest BCUT2D eigenvalue weighted by Gasteiger charge is -2.13. The van der Waals surface area contributed by atoms with Gasteiger partial charge in [0.25, 0.3) is 0 Å². The number of para-hydroxylation sites is 2. The van der Waals surface area contributed by atoms with E-state index >= 15 is 0 Å². The molecule has 1 fully saturated rings. The Hall–Kier alpha value is -2.83. The fraction of sp³-hybridized carbons (Fsp3) is 0.421. The third-order valence-electron chi connectivity index (χ3n) is 5.34. The number of carbonyl (C=O) groups is 1. The lowest BCUT2D eigenvalue weighted by Crippen LogP contribution is -2.28. The molecule has 1 aliphatic carbocycles. The highest BCUT2D eigenvalue weighted by Gasteiger charge is 2.21. The Kier molecular flexibility index (Phi) is 4.14. The van der Waals surface area contributed by atoms with E-state index in [1.807, 2.05) is 35.9 Å².